The minimum absolute atomic E-state index is 0.138. The number of hydrogen-bond donors (Lipinski definition) is 3. The molecule has 0 unspecified atom stereocenters. The maximum absolute atomic E-state index is 11.4. The van der Waals surface area contributed by atoms with Crippen LogP contribution in [0.15, 0.2) is 60.7 Å². The van der Waals surface area contributed by atoms with Gasteiger partial charge in [0.25, 0.3) is 0 Å². The quantitative estimate of drug-likeness (QED) is 0.780. The molecule has 0 spiro atoms. The number of rotatable bonds is 4. The lowest BCUT2D eigenvalue weighted by Gasteiger charge is -2.29. The van der Waals surface area contributed by atoms with Crippen molar-refractivity contribution in [3.8, 4) is 0 Å². The zero-order valence-electron chi connectivity index (χ0n) is 10.1. The van der Waals surface area contributed by atoms with Crippen molar-refractivity contribution in [2.45, 2.75) is 11.7 Å². The Morgan fingerprint density at radius 1 is 0.947 bits per heavy atom. The lowest BCUT2D eigenvalue weighted by Crippen LogP contribution is -2.41. The molecule has 2 atom stereocenters. The van der Waals surface area contributed by atoms with E-state index in [1.165, 1.54) is 12.1 Å². The molecule has 0 heterocycles. The molecular weight excluding hydrogens is 244 g/mol. The van der Waals surface area contributed by atoms with E-state index in [0.29, 0.717) is 5.56 Å². The monoisotopic (exact) mass is 258 g/mol. The normalized spacial score (nSPS) is 15.5. The van der Waals surface area contributed by atoms with Crippen LogP contribution in [0.1, 0.15) is 17.2 Å². The van der Waals surface area contributed by atoms with E-state index >= 15 is 0 Å². The summed E-state index contributed by atoms with van der Waals surface area (Å²) in [5.74, 6) is -1.49. The van der Waals surface area contributed by atoms with Crippen LogP contribution in [0.3, 0.4) is 0 Å². The highest BCUT2D eigenvalue weighted by Crippen LogP contribution is 2.35. The van der Waals surface area contributed by atoms with Crippen molar-refractivity contribution >= 4 is 5.97 Å². The van der Waals surface area contributed by atoms with Crippen molar-refractivity contribution in [1.82, 2.24) is 0 Å². The average Bonchev–Trinajstić information content (AvgIpc) is 2.47. The fourth-order valence-electron chi connectivity index (χ4n) is 1.97. The van der Waals surface area contributed by atoms with Gasteiger partial charge in [0, 0.05) is 0 Å². The molecule has 0 saturated carbocycles. The lowest BCUT2D eigenvalue weighted by atomic mass is 9.84. The first-order valence-corrected chi connectivity index (χ1v) is 5.81. The molecule has 2 aromatic rings. The average molecular weight is 258 g/mol. The molecule has 0 saturated heterocycles. The molecule has 0 bridgehead atoms. The van der Waals surface area contributed by atoms with Gasteiger partial charge in [-0.15, -0.1) is 0 Å². The van der Waals surface area contributed by atoms with E-state index in [-0.39, 0.29) is 5.56 Å². The molecule has 0 aliphatic heterocycles. The highest BCUT2D eigenvalue weighted by Gasteiger charge is 2.46. The van der Waals surface area contributed by atoms with Gasteiger partial charge in [0.15, 0.2) is 0 Å². The zero-order valence-corrected chi connectivity index (χ0v) is 10.1. The van der Waals surface area contributed by atoms with Crippen molar-refractivity contribution in [2.75, 3.05) is 0 Å². The molecule has 0 amide bonds. The summed E-state index contributed by atoms with van der Waals surface area (Å²) in [6.07, 6.45) is -1.55. The van der Waals surface area contributed by atoms with Gasteiger partial charge in [0.05, 0.1) is 0 Å². The van der Waals surface area contributed by atoms with Gasteiger partial charge >= 0.3 is 5.97 Å². The number of benzene rings is 2. The van der Waals surface area contributed by atoms with Gasteiger partial charge in [0.1, 0.15) is 6.10 Å². The minimum Gasteiger partial charge on any atom is -0.479 e. The molecule has 2 rings (SSSR count). The number of carboxylic acid groups (broad SMARTS) is 1. The summed E-state index contributed by atoms with van der Waals surface area (Å²) in [7, 11) is 0. The van der Waals surface area contributed by atoms with E-state index in [1.54, 1.807) is 48.5 Å². The topological polar surface area (TPSA) is 77.8 Å². The first-order valence-electron chi connectivity index (χ1n) is 5.81. The summed E-state index contributed by atoms with van der Waals surface area (Å²) in [6.45, 7) is 0. The van der Waals surface area contributed by atoms with Gasteiger partial charge in [-0.1, -0.05) is 60.7 Å². The molecule has 0 fully saturated rings. The van der Waals surface area contributed by atoms with Gasteiger partial charge in [-0.2, -0.15) is 0 Å². The number of carboxylic acids is 1. The number of aliphatic hydroxyl groups is 2. The third-order valence-corrected chi connectivity index (χ3v) is 3.05. The summed E-state index contributed by atoms with van der Waals surface area (Å²) < 4.78 is 0. The first kappa shape index (κ1) is 13.3. The first-order chi connectivity index (χ1) is 9.06. The number of hydrogen-bond acceptors (Lipinski definition) is 3. The number of carbonyl (C=O) groups is 1. The lowest BCUT2D eigenvalue weighted by molar-refractivity contribution is -0.174. The van der Waals surface area contributed by atoms with Gasteiger partial charge in [-0.05, 0) is 11.1 Å². The van der Waals surface area contributed by atoms with Gasteiger partial charge in [-0.3, -0.25) is 0 Å². The van der Waals surface area contributed by atoms with E-state index in [0.717, 1.165) is 0 Å². The van der Waals surface area contributed by atoms with E-state index in [9.17, 15) is 20.1 Å². The third kappa shape index (κ3) is 2.36. The molecule has 0 radical (unpaired) electrons. The Hall–Kier alpha value is -2.17. The van der Waals surface area contributed by atoms with E-state index in [1.807, 2.05) is 0 Å². The maximum Gasteiger partial charge on any atom is 0.343 e. The second-order valence-corrected chi connectivity index (χ2v) is 4.25. The highest BCUT2D eigenvalue weighted by atomic mass is 16.4. The Bertz CT molecular complexity index is 553. The maximum atomic E-state index is 11.4. The molecule has 0 aliphatic carbocycles. The van der Waals surface area contributed by atoms with E-state index < -0.39 is 17.7 Å². The predicted molar refractivity (Wildman–Crippen MR) is 69.4 cm³/mol. The van der Waals surface area contributed by atoms with Crippen LogP contribution < -0.4 is 0 Å². The summed E-state index contributed by atoms with van der Waals surface area (Å²) in [5.41, 5.74) is -1.89. The number of aliphatic hydroxyl groups excluding tert-OH is 1. The van der Waals surface area contributed by atoms with E-state index in [2.05, 4.69) is 0 Å². The molecule has 3 N–H and O–H groups in total. The van der Waals surface area contributed by atoms with Crippen molar-refractivity contribution in [3.63, 3.8) is 0 Å². The van der Waals surface area contributed by atoms with Crippen LogP contribution in [0.2, 0.25) is 0 Å². The molecular formula is C15H14O4. The molecule has 0 aromatic heterocycles. The second kappa shape index (κ2) is 5.22. The zero-order chi connectivity index (χ0) is 13.9. The standard InChI is InChI=1S/C15H14O4/c16-13(11-7-3-1-4-8-11)15(19,14(17)18)12-9-5-2-6-10-12/h1-10,13,16,19H,(H,17,18)/t13-,15-/m1/s1. The molecule has 98 valence electrons. The Balaban J connectivity index is 2.49. The number of aliphatic carboxylic acids is 1. The van der Waals surface area contributed by atoms with Crippen molar-refractivity contribution < 1.29 is 20.1 Å². The Morgan fingerprint density at radius 2 is 1.42 bits per heavy atom. The van der Waals surface area contributed by atoms with Gasteiger partial charge in [-0.25, -0.2) is 4.79 Å². The Kier molecular flexibility index (Phi) is 3.64. The smallest absolute Gasteiger partial charge is 0.343 e. The minimum atomic E-state index is -2.37. The second-order valence-electron chi connectivity index (χ2n) is 4.25. The van der Waals surface area contributed by atoms with Crippen LogP contribution in [-0.2, 0) is 10.4 Å². The molecule has 0 aliphatic rings. The summed E-state index contributed by atoms with van der Waals surface area (Å²) in [6, 6.07) is 16.1. The van der Waals surface area contributed by atoms with E-state index in [4.69, 9.17) is 0 Å². The van der Waals surface area contributed by atoms with Crippen molar-refractivity contribution in [3.05, 3.63) is 71.8 Å². The Morgan fingerprint density at radius 3 is 1.89 bits per heavy atom. The van der Waals surface area contributed by atoms with Crippen molar-refractivity contribution in [1.29, 1.82) is 0 Å². The van der Waals surface area contributed by atoms with Gasteiger partial charge < -0.3 is 15.3 Å². The van der Waals surface area contributed by atoms with Crippen molar-refractivity contribution in [2.24, 2.45) is 0 Å². The fraction of sp³-hybridized carbons (Fsp3) is 0.133. The molecule has 19 heavy (non-hydrogen) atoms. The molecule has 4 heteroatoms. The van der Waals surface area contributed by atoms with Crippen LogP contribution in [0.25, 0.3) is 0 Å². The third-order valence-electron chi connectivity index (χ3n) is 3.05. The van der Waals surface area contributed by atoms with Crippen LogP contribution in [0, 0.1) is 0 Å². The van der Waals surface area contributed by atoms with Crippen LogP contribution in [-0.4, -0.2) is 21.3 Å². The largest absolute Gasteiger partial charge is 0.479 e. The molecule has 4 nitrogen and oxygen atoms in total. The van der Waals surface area contributed by atoms with Crippen LogP contribution >= 0.6 is 0 Å². The van der Waals surface area contributed by atoms with Crippen LogP contribution in [0.4, 0.5) is 0 Å². The van der Waals surface area contributed by atoms with Gasteiger partial charge in [0.2, 0.25) is 5.60 Å². The SMILES string of the molecule is O=C(O)[C@@](O)(c1ccccc1)[C@H](O)c1ccccc1. The summed E-state index contributed by atoms with van der Waals surface area (Å²) in [5, 5.41) is 30.0. The van der Waals surface area contributed by atoms with Crippen LogP contribution in [0.5, 0.6) is 0 Å². The summed E-state index contributed by atoms with van der Waals surface area (Å²) >= 11 is 0. The fourth-order valence-corrected chi connectivity index (χ4v) is 1.97. The summed E-state index contributed by atoms with van der Waals surface area (Å²) in [4.78, 5) is 11.4. The molecule has 2 aromatic carbocycles. The Labute approximate surface area is 110 Å². The predicted octanol–water partition coefficient (Wildman–Crippen LogP) is 1.69. The highest BCUT2D eigenvalue weighted by molar-refractivity contribution is 5.80.